The minimum atomic E-state index is -3.84. The van der Waals surface area contributed by atoms with Crippen LogP contribution in [0.4, 0.5) is 0 Å². The summed E-state index contributed by atoms with van der Waals surface area (Å²) >= 11 is 1.61. The normalized spacial score (nSPS) is 15.1. The largest absolute Gasteiger partial charge is 0.332 e. The average Bonchev–Trinajstić information content (AvgIpc) is 3.40. The molecule has 0 radical (unpaired) electrons. The van der Waals surface area contributed by atoms with Crippen LogP contribution in [0.25, 0.3) is 0 Å². The third-order valence-electron chi connectivity index (χ3n) is 7.10. The molecule has 0 atom stereocenters. The van der Waals surface area contributed by atoms with Crippen molar-refractivity contribution in [3.63, 3.8) is 0 Å². The zero-order chi connectivity index (χ0) is 26.5. The van der Waals surface area contributed by atoms with Crippen molar-refractivity contribution < 1.29 is 13.2 Å². The Balaban J connectivity index is 1.62. The maximum atomic E-state index is 14.0. The summed E-state index contributed by atoms with van der Waals surface area (Å²) in [5.74, 6) is -0.169. The highest BCUT2D eigenvalue weighted by Crippen LogP contribution is 2.30. The standard InChI is InChI=1S/C30H38N2O3S2/c1-30(2,3)25-16-18-28(19-17-25)37(34,35)32(26-13-8-5-9-14-26)23-29(33)31(22-27-15-10-20-36-27)21-24-11-6-4-7-12-24/h4,6-7,10-12,15-20,26H,5,8-9,13-14,21-23H2,1-3H3. The molecule has 1 amide bonds. The van der Waals surface area contributed by atoms with Crippen LogP contribution < -0.4 is 0 Å². The van der Waals surface area contributed by atoms with E-state index >= 15 is 0 Å². The van der Waals surface area contributed by atoms with E-state index in [9.17, 15) is 13.2 Å². The number of rotatable bonds is 9. The lowest BCUT2D eigenvalue weighted by atomic mass is 9.87. The first-order chi connectivity index (χ1) is 17.6. The van der Waals surface area contributed by atoms with Gasteiger partial charge in [-0.05, 0) is 53.0 Å². The minimum absolute atomic E-state index is 0.0684. The van der Waals surface area contributed by atoms with Crippen LogP contribution in [0.2, 0.25) is 0 Å². The molecule has 0 N–H and O–H groups in total. The van der Waals surface area contributed by atoms with Crippen molar-refractivity contribution in [1.29, 1.82) is 0 Å². The number of sulfonamides is 1. The molecule has 0 unspecified atom stereocenters. The quantitative estimate of drug-likeness (QED) is 0.308. The van der Waals surface area contributed by atoms with Crippen LogP contribution in [-0.4, -0.2) is 36.1 Å². The van der Waals surface area contributed by atoms with Crippen LogP contribution in [-0.2, 0) is 33.3 Å². The second-order valence-corrected chi connectivity index (χ2v) is 13.9. The van der Waals surface area contributed by atoms with E-state index < -0.39 is 10.0 Å². The molecule has 198 valence electrons. The second-order valence-electron chi connectivity index (χ2n) is 10.9. The molecule has 0 bridgehead atoms. The Hall–Kier alpha value is -2.48. The van der Waals surface area contributed by atoms with Gasteiger partial charge in [-0.2, -0.15) is 4.31 Å². The number of hydrogen-bond donors (Lipinski definition) is 0. The van der Waals surface area contributed by atoms with E-state index in [4.69, 9.17) is 0 Å². The van der Waals surface area contributed by atoms with Crippen LogP contribution in [0.3, 0.4) is 0 Å². The first-order valence-electron chi connectivity index (χ1n) is 13.1. The Labute approximate surface area is 226 Å². The summed E-state index contributed by atoms with van der Waals surface area (Å²) in [4.78, 5) is 16.9. The predicted molar refractivity (Wildman–Crippen MR) is 151 cm³/mol. The Bertz CT molecular complexity index is 1240. The van der Waals surface area contributed by atoms with Gasteiger partial charge in [0.05, 0.1) is 18.0 Å². The predicted octanol–water partition coefficient (Wildman–Crippen LogP) is 6.60. The smallest absolute Gasteiger partial charge is 0.243 e. The summed E-state index contributed by atoms with van der Waals surface area (Å²) in [6.45, 7) is 7.09. The molecule has 1 heterocycles. The molecule has 0 spiro atoms. The molecule has 1 aliphatic carbocycles. The molecule has 2 aromatic carbocycles. The third-order valence-corrected chi connectivity index (χ3v) is 9.87. The van der Waals surface area contributed by atoms with Gasteiger partial charge in [0.25, 0.3) is 0 Å². The van der Waals surface area contributed by atoms with Crippen LogP contribution in [0.1, 0.15) is 68.9 Å². The lowest BCUT2D eigenvalue weighted by Gasteiger charge is -2.34. The van der Waals surface area contributed by atoms with Crippen molar-refractivity contribution in [3.05, 3.63) is 88.1 Å². The van der Waals surface area contributed by atoms with E-state index in [0.717, 1.165) is 48.1 Å². The van der Waals surface area contributed by atoms with Crippen molar-refractivity contribution in [3.8, 4) is 0 Å². The number of thiophene rings is 1. The highest BCUT2D eigenvalue weighted by Gasteiger charge is 2.35. The number of carbonyl (C=O) groups excluding carboxylic acids is 1. The number of carbonyl (C=O) groups is 1. The molecular formula is C30H38N2O3S2. The van der Waals surface area contributed by atoms with Crippen molar-refractivity contribution in [2.75, 3.05) is 6.54 Å². The summed E-state index contributed by atoms with van der Waals surface area (Å²) in [5, 5.41) is 2.00. The van der Waals surface area contributed by atoms with E-state index in [2.05, 4.69) is 20.8 Å². The van der Waals surface area contributed by atoms with Gasteiger partial charge in [0, 0.05) is 17.5 Å². The van der Waals surface area contributed by atoms with Crippen molar-refractivity contribution in [2.45, 2.75) is 82.3 Å². The molecule has 5 nitrogen and oxygen atoms in total. The fourth-order valence-corrected chi connectivity index (χ4v) is 7.26. The molecule has 1 fully saturated rings. The second kappa shape index (κ2) is 11.9. The molecule has 0 aliphatic heterocycles. The van der Waals surface area contributed by atoms with E-state index in [1.165, 1.54) is 4.31 Å². The number of amides is 1. The van der Waals surface area contributed by atoms with E-state index in [1.54, 1.807) is 28.4 Å². The molecule has 0 saturated heterocycles. The summed E-state index contributed by atoms with van der Waals surface area (Å²) in [5.41, 5.74) is 2.04. The van der Waals surface area contributed by atoms with Crippen LogP contribution in [0.5, 0.6) is 0 Å². The molecule has 1 saturated carbocycles. The monoisotopic (exact) mass is 538 g/mol. The van der Waals surface area contributed by atoms with Gasteiger partial charge >= 0.3 is 0 Å². The van der Waals surface area contributed by atoms with Crippen LogP contribution in [0.15, 0.2) is 77.0 Å². The topological polar surface area (TPSA) is 57.7 Å². The molecule has 37 heavy (non-hydrogen) atoms. The fourth-order valence-electron chi connectivity index (χ4n) is 4.90. The Morgan fingerprint density at radius 1 is 0.892 bits per heavy atom. The number of hydrogen-bond acceptors (Lipinski definition) is 4. The van der Waals surface area contributed by atoms with Gasteiger partial charge in [-0.1, -0.05) is 88.6 Å². The van der Waals surface area contributed by atoms with Gasteiger partial charge in [0.1, 0.15) is 0 Å². The molecule has 4 rings (SSSR count). The molecule has 1 aromatic heterocycles. The fraction of sp³-hybridized carbons (Fsp3) is 0.433. The minimum Gasteiger partial charge on any atom is -0.332 e. The molecule has 1 aliphatic rings. The SMILES string of the molecule is CC(C)(C)c1ccc(S(=O)(=O)N(CC(=O)N(Cc2ccccc2)Cc2cccs2)C2CCCCC2)cc1. The summed E-state index contributed by atoms with van der Waals surface area (Å²) < 4.78 is 29.5. The van der Waals surface area contributed by atoms with Crippen molar-refractivity contribution in [1.82, 2.24) is 9.21 Å². The van der Waals surface area contributed by atoms with Gasteiger partial charge in [-0.25, -0.2) is 8.42 Å². The van der Waals surface area contributed by atoms with E-state index in [0.29, 0.717) is 13.1 Å². The van der Waals surface area contributed by atoms with Gasteiger partial charge in [-0.3, -0.25) is 4.79 Å². The zero-order valence-electron chi connectivity index (χ0n) is 22.1. The Kier molecular flexibility index (Phi) is 8.88. The third kappa shape index (κ3) is 7.09. The van der Waals surface area contributed by atoms with Gasteiger partial charge in [0.15, 0.2) is 0 Å². The summed E-state index contributed by atoms with van der Waals surface area (Å²) in [7, 11) is -3.84. The van der Waals surface area contributed by atoms with Crippen molar-refractivity contribution >= 4 is 27.3 Å². The first-order valence-corrected chi connectivity index (χ1v) is 15.4. The molecule has 3 aromatic rings. The highest BCUT2D eigenvalue weighted by atomic mass is 32.2. The number of benzene rings is 2. The van der Waals surface area contributed by atoms with Gasteiger partial charge in [0.2, 0.25) is 15.9 Å². The van der Waals surface area contributed by atoms with Gasteiger partial charge < -0.3 is 4.90 Å². The lowest BCUT2D eigenvalue weighted by molar-refractivity contribution is -0.133. The maximum Gasteiger partial charge on any atom is 0.243 e. The Morgan fingerprint density at radius 2 is 1.57 bits per heavy atom. The van der Waals surface area contributed by atoms with Crippen molar-refractivity contribution in [2.24, 2.45) is 0 Å². The average molecular weight is 539 g/mol. The van der Waals surface area contributed by atoms with Crippen LogP contribution in [0, 0.1) is 0 Å². The van der Waals surface area contributed by atoms with Crippen LogP contribution >= 0.6 is 11.3 Å². The summed E-state index contributed by atoms with van der Waals surface area (Å²) in [6, 6.07) is 20.9. The van der Waals surface area contributed by atoms with Gasteiger partial charge in [-0.15, -0.1) is 11.3 Å². The maximum absolute atomic E-state index is 14.0. The zero-order valence-corrected chi connectivity index (χ0v) is 23.7. The van der Waals surface area contributed by atoms with E-state index in [-0.39, 0.29) is 28.8 Å². The lowest BCUT2D eigenvalue weighted by Crippen LogP contribution is -2.47. The molecule has 7 heteroatoms. The summed E-state index contributed by atoms with van der Waals surface area (Å²) in [6.07, 6.45) is 4.65. The molecular weight excluding hydrogens is 500 g/mol. The highest BCUT2D eigenvalue weighted by molar-refractivity contribution is 7.89. The number of nitrogens with zero attached hydrogens (tertiary/aromatic N) is 2. The first kappa shape index (κ1) is 27.6. The Morgan fingerprint density at radius 3 is 2.16 bits per heavy atom. The van der Waals surface area contributed by atoms with E-state index in [1.807, 2.05) is 60.0 Å².